The lowest BCUT2D eigenvalue weighted by Gasteiger charge is -2.13. The normalized spacial score (nSPS) is 12.0. The van der Waals surface area contributed by atoms with E-state index in [2.05, 4.69) is 20.7 Å². The molecule has 3 rings (SSSR count). The molecule has 0 radical (unpaired) electrons. The summed E-state index contributed by atoms with van der Waals surface area (Å²) >= 11 is 1.57. The van der Waals surface area contributed by atoms with Crippen LogP contribution in [0.4, 0.5) is 0 Å². The van der Waals surface area contributed by atoms with Crippen molar-refractivity contribution in [3.63, 3.8) is 0 Å². The van der Waals surface area contributed by atoms with Gasteiger partial charge in [-0.15, -0.1) is 10.2 Å². The predicted molar refractivity (Wildman–Crippen MR) is 84.1 cm³/mol. The molecule has 2 aromatic heterocycles. The maximum atomic E-state index is 12.1. The Morgan fingerprint density at radius 3 is 2.86 bits per heavy atom. The SMILES string of the molecule is C[C@H](NC(=O)Cn1nnc(-c2ccsc2)n1)c1ccccc1. The van der Waals surface area contributed by atoms with Gasteiger partial charge in [0.05, 0.1) is 6.04 Å². The van der Waals surface area contributed by atoms with Crippen molar-refractivity contribution in [1.29, 1.82) is 0 Å². The molecule has 1 N–H and O–H groups in total. The first-order chi connectivity index (χ1) is 10.7. The number of aromatic nitrogens is 4. The molecule has 22 heavy (non-hydrogen) atoms. The molecule has 0 bridgehead atoms. The number of nitrogens with zero attached hydrogens (tertiary/aromatic N) is 4. The highest BCUT2D eigenvalue weighted by molar-refractivity contribution is 7.08. The fraction of sp³-hybridized carbons (Fsp3) is 0.200. The van der Waals surface area contributed by atoms with E-state index < -0.39 is 0 Å². The maximum Gasteiger partial charge on any atom is 0.244 e. The molecular weight excluding hydrogens is 298 g/mol. The standard InChI is InChI=1S/C15H15N5OS/c1-11(12-5-3-2-4-6-12)16-14(21)9-20-18-15(17-19-20)13-7-8-22-10-13/h2-8,10-11H,9H2,1H3,(H,16,21)/t11-/m0/s1. The zero-order chi connectivity index (χ0) is 15.4. The lowest BCUT2D eigenvalue weighted by Crippen LogP contribution is -2.30. The number of amides is 1. The molecule has 1 aromatic carbocycles. The van der Waals surface area contributed by atoms with Crippen LogP contribution < -0.4 is 5.32 Å². The number of thiophene rings is 1. The van der Waals surface area contributed by atoms with Gasteiger partial charge in [0.15, 0.2) is 0 Å². The molecule has 0 spiro atoms. The predicted octanol–water partition coefficient (Wildman–Crippen LogP) is 2.28. The van der Waals surface area contributed by atoms with Crippen LogP contribution in [-0.2, 0) is 11.3 Å². The number of hydrogen-bond donors (Lipinski definition) is 1. The van der Waals surface area contributed by atoms with Gasteiger partial charge in [-0.3, -0.25) is 4.79 Å². The molecular formula is C15H15N5OS. The number of hydrogen-bond acceptors (Lipinski definition) is 5. The molecule has 0 aliphatic rings. The van der Waals surface area contributed by atoms with Gasteiger partial charge in [0.2, 0.25) is 11.7 Å². The van der Waals surface area contributed by atoms with Crippen molar-refractivity contribution in [2.45, 2.75) is 19.5 Å². The maximum absolute atomic E-state index is 12.1. The third-order valence-corrected chi connectivity index (χ3v) is 3.88. The monoisotopic (exact) mass is 313 g/mol. The van der Waals surface area contributed by atoms with E-state index in [-0.39, 0.29) is 18.5 Å². The number of rotatable bonds is 5. The van der Waals surface area contributed by atoms with Crippen LogP contribution in [0.15, 0.2) is 47.2 Å². The summed E-state index contributed by atoms with van der Waals surface area (Å²) in [6.45, 7) is 1.99. The molecule has 6 nitrogen and oxygen atoms in total. The van der Waals surface area contributed by atoms with Crippen molar-refractivity contribution < 1.29 is 4.79 Å². The van der Waals surface area contributed by atoms with Gasteiger partial charge in [0.25, 0.3) is 0 Å². The minimum absolute atomic E-state index is 0.0499. The van der Waals surface area contributed by atoms with Gasteiger partial charge >= 0.3 is 0 Å². The average Bonchev–Trinajstić information content (AvgIpc) is 3.19. The van der Waals surface area contributed by atoms with E-state index >= 15 is 0 Å². The Hall–Kier alpha value is -2.54. The van der Waals surface area contributed by atoms with Crippen LogP contribution in [0.1, 0.15) is 18.5 Å². The second-order valence-electron chi connectivity index (χ2n) is 4.86. The molecule has 0 saturated heterocycles. The van der Waals surface area contributed by atoms with Crippen LogP contribution in [0.3, 0.4) is 0 Å². The average molecular weight is 313 g/mol. The lowest BCUT2D eigenvalue weighted by atomic mass is 10.1. The van der Waals surface area contributed by atoms with E-state index in [9.17, 15) is 4.79 Å². The molecule has 112 valence electrons. The van der Waals surface area contributed by atoms with Gasteiger partial charge in [-0.25, -0.2) is 0 Å². The van der Waals surface area contributed by atoms with Crippen molar-refractivity contribution in [2.24, 2.45) is 0 Å². The van der Waals surface area contributed by atoms with Gasteiger partial charge in [0, 0.05) is 10.9 Å². The van der Waals surface area contributed by atoms with Gasteiger partial charge in [-0.05, 0) is 29.1 Å². The Kier molecular flexibility index (Phi) is 4.24. The van der Waals surface area contributed by atoms with Crippen LogP contribution in [0, 0.1) is 0 Å². The first-order valence-corrected chi connectivity index (χ1v) is 7.81. The third-order valence-electron chi connectivity index (χ3n) is 3.19. The summed E-state index contributed by atoms with van der Waals surface area (Å²) < 4.78 is 0. The summed E-state index contributed by atoms with van der Waals surface area (Å²) in [6, 6.07) is 11.7. The van der Waals surface area contributed by atoms with Crippen LogP contribution in [0.2, 0.25) is 0 Å². The van der Waals surface area contributed by atoms with Gasteiger partial charge < -0.3 is 5.32 Å². The second kappa shape index (κ2) is 6.48. The number of tetrazole rings is 1. The highest BCUT2D eigenvalue weighted by Gasteiger charge is 2.12. The summed E-state index contributed by atoms with van der Waals surface area (Å²) in [4.78, 5) is 13.4. The first kappa shape index (κ1) is 14.4. The fourth-order valence-corrected chi connectivity index (χ4v) is 2.69. The lowest BCUT2D eigenvalue weighted by molar-refractivity contribution is -0.122. The minimum Gasteiger partial charge on any atom is -0.348 e. The van der Waals surface area contributed by atoms with E-state index in [0.29, 0.717) is 5.82 Å². The Labute approximate surface area is 131 Å². The molecule has 7 heteroatoms. The highest BCUT2D eigenvalue weighted by Crippen LogP contribution is 2.16. The van der Waals surface area contributed by atoms with E-state index in [1.54, 1.807) is 11.3 Å². The quantitative estimate of drug-likeness (QED) is 0.784. The van der Waals surface area contributed by atoms with E-state index in [1.807, 2.05) is 54.1 Å². The van der Waals surface area contributed by atoms with Crippen molar-refractivity contribution in [1.82, 2.24) is 25.5 Å². The smallest absolute Gasteiger partial charge is 0.244 e. The van der Waals surface area contributed by atoms with Crippen LogP contribution >= 0.6 is 11.3 Å². The molecule has 0 aliphatic carbocycles. The molecule has 0 unspecified atom stereocenters. The topological polar surface area (TPSA) is 72.7 Å². The molecule has 0 fully saturated rings. The number of benzene rings is 1. The number of carbonyl (C=O) groups excluding carboxylic acids is 1. The summed E-state index contributed by atoms with van der Waals surface area (Å²) in [5.74, 6) is 0.385. The molecule has 1 atom stereocenters. The highest BCUT2D eigenvalue weighted by atomic mass is 32.1. The summed E-state index contributed by atoms with van der Waals surface area (Å²) in [7, 11) is 0. The largest absolute Gasteiger partial charge is 0.348 e. The minimum atomic E-state index is -0.148. The molecule has 0 aliphatic heterocycles. The zero-order valence-corrected chi connectivity index (χ0v) is 12.8. The van der Waals surface area contributed by atoms with Crippen LogP contribution in [-0.4, -0.2) is 26.1 Å². The summed E-state index contributed by atoms with van der Waals surface area (Å²) in [6.07, 6.45) is 0. The molecule has 1 amide bonds. The van der Waals surface area contributed by atoms with Crippen molar-refractivity contribution in [2.75, 3.05) is 0 Å². The van der Waals surface area contributed by atoms with E-state index in [4.69, 9.17) is 0 Å². The molecule has 3 aromatic rings. The molecule has 2 heterocycles. The van der Waals surface area contributed by atoms with Crippen molar-refractivity contribution in [3.8, 4) is 11.4 Å². The Morgan fingerprint density at radius 1 is 1.32 bits per heavy atom. The zero-order valence-electron chi connectivity index (χ0n) is 12.0. The van der Waals surface area contributed by atoms with Crippen LogP contribution in [0.25, 0.3) is 11.4 Å². The fourth-order valence-electron chi connectivity index (χ4n) is 2.06. The molecule has 0 saturated carbocycles. The number of carbonyl (C=O) groups is 1. The van der Waals surface area contributed by atoms with E-state index in [0.717, 1.165) is 11.1 Å². The first-order valence-electron chi connectivity index (χ1n) is 6.87. The third kappa shape index (κ3) is 3.37. The van der Waals surface area contributed by atoms with E-state index in [1.165, 1.54) is 4.80 Å². The van der Waals surface area contributed by atoms with Crippen molar-refractivity contribution in [3.05, 3.63) is 52.7 Å². The van der Waals surface area contributed by atoms with Gasteiger partial charge in [-0.2, -0.15) is 16.1 Å². The summed E-state index contributed by atoms with van der Waals surface area (Å²) in [5, 5.41) is 18.9. The van der Waals surface area contributed by atoms with Gasteiger partial charge in [0.1, 0.15) is 6.54 Å². The summed E-state index contributed by atoms with van der Waals surface area (Å²) in [5.41, 5.74) is 1.97. The number of nitrogens with one attached hydrogen (secondary N) is 1. The van der Waals surface area contributed by atoms with Crippen molar-refractivity contribution >= 4 is 17.2 Å². The Morgan fingerprint density at radius 2 is 2.14 bits per heavy atom. The second-order valence-corrected chi connectivity index (χ2v) is 5.64. The van der Waals surface area contributed by atoms with Crippen LogP contribution in [0.5, 0.6) is 0 Å². The van der Waals surface area contributed by atoms with Gasteiger partial charge in [-0.1, -0.05) is 30.3 Å². The Bertz CT molecular complexity index is 738. The Balaban J connectivity index is 1.60.